The van der Waals surface area contributed by atoms with E-state index in [2.05, 4.69) is 15.5 Å². The molecule has 0 spiro atoms. The molecule has 0 saturated carbocycles. The molecule has 2 aliphatic rings. The van der Waals surface area contributed by atoms with Crippen molar-refractivity contribution in [2.24, 2.45) is 0 Å². The smallest absolute Gasteiger partial charge is 0.315 e. The number of rotatable bonds is 5. The molecule has 2 fully saturated rings. The first-order chi connectivity index (χ1) is 12.2. The van der Waals surface area contributed by atoms with Gasteiger partial charge in [0.1, 0.15) is 5.82 Å². The number of nitrogens with zero attached hydrogens (tertiary/aromatic N) is 1. The molecule has 0 bridgehead atoms. The van der Waals surface area contributed by atoms with Crippen LogP contribution in [-0.2, 0) is 4.74 Å². The highest BCUT2D eigenvalue weighted by Gasteiger charge is 2.21. The summed E-state index contributed by atoms with van der Waals surface area (Å²) in [5.74, 6) is -0.209. The van der Waals surface area contributed by atoms with Crippen molar-refractivity contribution in [3.63, 3.8) is 0 Å². The van der Waals surface area contributed by atoms with Crippen molar-refractivity contribution in [2.45, 2.75) is 50.7 Å². The fourth-order valence-electron chi connectivity index (χ4n) is 3.57. The number of piperidine rings is 1. The minimum absolute atomic E-state index is 0.0972. The Morgan fingerprint density at radius 3 is 2.80 bits per heavy atom. The van der Waals surface area contributed by atoms with Crippen molar-refractivity contribution in [3.8, 4) is 0 Å². The lowest BCUT2D eigenvalue weighted by Crippen LogP contribution is -2.48. The van der Waals surface area contributed by atoms with Crippen LogP contribution in [0, 0.1) is 5.82 Å². The summed E-state index contributed by atoms with van der Waals surface area (Å²) < 4.78 is 19.0. The summed E-state index contributed by atoms with van der Waals surface area (Å²) in [5, 5.41) is 5.98. The van der Waals surface area contributed by atoms with Gasteiger partial charge in [-0.15, -0.1) is 0 Å². The number of anilines is 1. The van der Waals surface area contributed by atoms with E-state index in [4.69, 9.17) is 4.74 Å². The van der Waals surface area contributed by atoms with Gasteiger partial charge in [-0.05, 0) is 56.7 Å². The number of urea groups is 1. The monoisotopic (exact) mass is 349 g/mol. The third-order valence-electron chi connectivity index (χ3n) is 5.03. The number of hydrogen-bond donors (Lipinski definition) is 2. The molecule has 2 saturated heterocycles. The Morgan fingerprint density at radius 2 is 2.08 bits per heavy atom. The number of halogens is 1. The Morgan fingerprint density at radius 1 is 1.24 bits per heavy atom. The second-order valence-electron chi connectivity index (χ2n) is 6.92. The molecule has 2 N–H and O–H groups in total. The Hall–Kier alpha value is -1.82. The average Bonchev–Trinajstić information content (AvgIpc) is 2.63. The van der Waals surface area contributed by atoms with Crippen LogP contribution in [0.15, 0.2) is 24.3 Å². The predicted molar refractivity (Wildman–Crippen MR) is 96.4 cm³/mol. The Balaban J connectivity index is 1.33. The summed E-state index contributed by atoms with van der Waals surface area (Å²) in [6.07, 6.45) is 6.39. The zero-order chi connectivity index (χ0) is 17.5. The number of amides is 2. The second kappa shape index (κ2) is 9.04. The van der Waals surface area contributed by atoms with E-state index in [1.165, 1.54) is 12.5 Å². The fourth-order valence-corrected chi connectivity index (χ4v) is 3.57. The third-order valence-corrected chi connectivity index (χ3v) is 5.03. The van der Waals surface area contributed by atoms with E-state index in [1.807, 2.05) is 6.07 Å². The predicted octanol–water partition coefficient (Wildman–Crippen LogP) is 3.05. The van der Waals surface area contributed by atoms with Crippen molar-refractivity contribution in [3.05, 3.63) is 30.1 Å². The minimum Gasteiger partial charge on any atom is -0.378 e. The first-order valence-corrected chi connectivity index (χ1v) is 9.37. The van der Waals surface area contributed by atoms with Crippen molar-refractivity contribution in [2.75, 3.05) is 31.1 Å². The molecule has 1 aromatic rings. The molecule has 0 unspecified atom stereocenters. The molecule has 0 aliphatic carbocycles. The summed E-state index contributed by atoms with van der Waals surface area (Å²) in [6.45, 7) is 3.15. The zero-order valence-corrected chi connectivity index (χ0v) is 14.7. The zero-order valence-electron chi connectivity index (χ0n) is 14.7. The van der Waals surface area contributed by atoms with Crippen LogP contribution in [0.1, 0.15) is 38.5 Å². The summed E-state index contributed by atoms with van der Waals surface area (Å²) in [5.41, 5.74) is 0.912. The van der Waals surface area contributed by atoms with E-state index < -0.39 is 0 Å². The molecule has 6 heteroatoms. The van der Waals surface area contributed by atoms with Gasteiger partial charge in [0.2, 0.25) is 0 Å². The lowest BCUT2D eigenvalue weighted by molar-refractivity contribution is 0.0120. The van der Waals surface area contributed by atoms with E-state index in [0.29, 0.717) is 12.6 Å². The number of hydrogen-bond acceptors (Lipinski definition) is 3. The van der Waals surface area contributed by atoms with Crippen molar-refractivity contribution >= 4 is 11.7 Å². The minimum atomic E-state index is -0.209. The summed E-state index contributed by atoms with van der Waals surface area (Å²) in [6, 6.07) is 6.76. The van der Waals surface area contributed by atoms with Crippen LogP contribution >= 0.6 is 0 Å². The first kappa shape index (κ1) is 18.0. The number of benzene rings is 1. The van der Waals surface area contributed by atoms with Gasteiger partial charge in [-0.3, -0.25) is 0 Å². The van der Waals surface area contributed by atoms with Gasteiger partial charge in [-0.1, -0.05) is 6.07 Å². The highest BCUT2D eigenvalue weighted by molar-refractivity contribution is 5.74. The number of nitrogens with one attached hydrogen (secondary N) is 2. The maximum Gasteiger partial charge on any atom is 0.315 e. The molecule has 5 nitrogen and oxygen atoms in total. The Bertz CT molecular complexity index is 555. The van der Waals surface area contributed by atoms with E-state index in [9.17, 15) is 9.18 Å². The van der Waals surface area contributed by atoms with Crippen molar-refractivity contribution in [1.29, 1.82) is 0 Å². The number of carbonyl (C=O) groups is 1. The molecular weight excluding hydrogens is 321 g/mol. The molecule has 2 aliphatic heterocycles. The van der Waals surface area contributed by atoms with Gasteiger partial charge in [0.15, 0.2) is 0 Å². The van der Waals surface area contributed by atoms with Crippen LogP contribution in [0.5, 0.6) is 0 Å². The third kappa shape index (κ3) is 5.59. The van der Waals surface area contributed by atoms with E-state index in [-0.39, 0.29) is 17.9 Å². The molecule has 25 heavy (non-hydrogen) atoms. The maximum absolute atomic E-state index is 13.3. The second-order valence-corrected chi connectivity index (χ2v) is 6.92. The van der Waals surface area contributed by atoms with E-state index >= 15 is 0 Å². The van der Waals surface area contributed by atoms with Crippen LogP contribution in [0.2, 0.25) is 0 Å². The molecule has 2 heterocycles. The van der Waals surface area contributed by atoms with Gasteiger partial charge < -0.3 is 20.3 Å². The largest absolute Gasteiger partial charge is 0.378 e. The van der Waals surface area contributed by atoms with Crippen molar-refractivity contribution < 1.29 is 13.9 Å². The van der Waals surface area contributed by atoms with Crippen molar-refractivity contribution in [1.82, 2.24) is 10.6 Å². The Kier molecular flexibility index (Phi) is 6.50. The van der Waals surface area contributed by atoms with Crippen LogP contribution in [0.25, 0.3) is 0 Å². The fraction of sp³-hybridized carbons (Fsp3) is 0.632. The summed E-state index contributed by atoms with van der Waals surface area (Å²) in [7, 11) is 0. The molecule has 3 rings (SSSR count). The quantitative estimate of drug-likeness (QED) is 0.859. The van der Waals surface area contributed by atoms with Gasteiger partial charge in [0, 0.05) is 38.0 Å². The maximum atomic E-state index is 13.3. The van der Waals surface area contributed by atoms with Crippen LogP contribution in [0.4, 0.5) is 14.9 Å². The molecule has 1 aromatic carbocycles. The van der Waals surface area contributed by atoms with Crippen LogP contribution in [-0.4, -0.2) is 44.4 Å². The molecule has 138 valence electrons. The first-order valence-electron chi connectivity index (χ1n) is 9.37. The summed E-state index contributed by atoms with van der Waals surface area (Å²) in [4.78, 5) is 14.2. The van der Waals surface area contributed by atoms with Gasteiger partial charge in [0.05, 0.1) is 6.10 Å². The molecule has 0 radical (unpaired) electrons. The SMILES string of the molecule is O=C(NCC[C@@H]1CCCCO1)NC1CCN(c2cccc(F)c2)CC1. The lowest BCUT2D eigenvalue weighted by Gasteiger charge is -2.34. The van der Waals surface area contributed by atoms with Gasteiger partial charge in [-0.2, -0.15) is 0 Å². The lowest BCUT2D eigenvalue weighted by atomic mass is 10.0. The molecular formula is C19H28FN3O2. The van der Waals surface area contributed by atoms with Crippen LogP contribution < -0.4 is 15.5 Å². The van der Waals surface area contributed by atoms with Gasteiger partial charge in [-0.25, -0.2) is 9.18 Å². The van der Waals surface area contributed by atoms with Gasteiger partial charge >= 0.3 is 6.03 Å². The van der Waals surface area contributed by atoms with E-state index in [1.54, 1.807) is 12.1 Å². The molecule has 1 atom stereocenters. The normalized spacial score (nSPS) is 21.8. The average molecular weight is 349 g/mol. The number of ether oxygens (including phenoxy) is 1. The highest BCUT2D eigenvalue weighted by Crippen LogP contribution is 2.20. The Labute approximate surface area is 148 Å². The summed E-state index contributed by atoms with van der Waals surface area (Å²) >= 11 is 0. The topological polar surface area (TPSA) is 53.6 Å². The van der Waals surface area contributed by atoms with Gasteiger partial charge in [0.25, 0.3) is 0 Å². The molecule has 0 aromatic heterocycles. The van der Waals surface area contributed by atoms with E-state index in [0.717, 1.165) is 57.5 Å². The highest BCUT2D eigenvalue weighted by atomic mass is 19.1. The number of carbonyl (C=O) groups excluding carboxylic acids is 1. The standard InChI is InChI=1S/C19H28FN3O2/c20-15-4-3-5-17(14-15)23-11-8-16(9-12-23)22-19(24)21-10-7-18-6-1-2-13-25-18/h3-5,14,16,18H,1-2,6-13H2,(H2,21,22,24)/t18-/m0/s1. The molecule has 2 amide bonds. The van der Waals surface area contributed by atoms with Crippen LogP contribution in [0.3, 0.4) is 0 Å².